The minimum Gasteiger partial charge on any atom is -0.326 e. The van der Waals surface area contributed by atoms with Gasteiger partial charge < -0.3 is 5.32 Å². The lowest BCUT2D eigenvalue weighted by molar-refractivity contribution is -0.120. The van der Waals surface area contributed by atoms with Gasteiger partial charge >= 0.3 is 0 Å². The first-order valence-corrected chi connectivity index (χ1v) is 5.87. The average Bonchev–Trinajstić information content (AvgIpc) is 2.67. The maximum absolute atomic E-state index is 11.9. The molecule has 16 heavy (non-hydrogen) atoms. The summed E-state index contributed by atoms with van der Waals surface area (Å²) in [6, 6.07) is 7.63. The van der Waals surface area contributed by atoms with E-state index in [0.29, 0.717) is 6.42 Å². The first-order valence-electron chi connectivity index (χ1n) is 5.11. The summed E-state index contributed by atoms with van der Waals surface area (Å²) in [6.07, 6.45) is 0.501. The standard InChI is InChI=1S/C12H13Cl2NO/c1-8-4-3-5-9(6-8)15-10(16)11(2)7-12(11,13)14/h3-6H,7H2,1-2H3,(H,15,16). The lowest BCUT2D eigenvalue weighted by Crippen LogP contribution is -2.25. The van der Waals surface area contributed by atoms with Crippen molar-refractivity contribution in [3.8, 4) is 0 Å². The lowest BCUT2D eigenvalue weighted by Gasteiger charge is -2.12. The van der Waals surface area contributed by atoms with Crippen LogP contribution < -0.4 is 5.32 Å². The molecule has 2 nitrogen and oxygen atoms in total. The Morgan fingerprint density at radius 3 is 2.56 bits per heavy atom. The molecular formula is C12H13Cl2NO. The molecule has 1 atom stereocenters. The summed E-state index contributed by atoms with van der Waals surface area (Å²) in [6.45, 7) is 3.75. The Kier molecular flexibility index (Phi) is 2.67. The summed E-state index contributed by atoms with van der Waals surface area (Å²) in [5, 5.41) is 2.83. The number of aryl methyl sites for hydroxylation is 1. The molecule has 1 saturated carbocycles. The zero-order valence-corrected chi connectivity index (χ0v) is 10.7. The fourth-order valence-electron chi connectivity index (χ4n) is 1.64. The summed E-state index contributed by atoms with van der Waals surface area (Å²) in [7, 11) is 0. The van der Waals surface area contributed by atoms with E-state index in [2.05, 4.69) is 5.32 Å². The van der Waals surface area contributed by atoms with E-state index in [1.165, 1.54) is 0 Å². The van der Waals surface area contributed by atoms with Gasteiger partial charge in [0.25, 0.3) is 0 Å². The largest absolute Gasteiger partial charge is 0.326 e. The zero-order chi connectivity index (χ0) is 12.0. The molecule has 1 aromatic rings. The molecule has 0 heterocycles. The van der Waals surface area contributed by atoms with Gasteiger partial charge in [0.2, 0.25) is 5.91 Å². The van der Waals surface area contributed by atoms with Crippen LogP contribution >= 0.6 is 23.2 Å². The Morgan fingerprint density at radius 2 is 2.06 bits per heavy atom. The van der Waals surface area contributed by atoms with E-state index in [4.69, 9.17) is 23.2 Å². The van der Waals surface area contributed by atoms with Crippen LogP contribution in [0.4, 0.5) is 5.69 Å². The number of benzene rings is 1. The van der Waals surface area contributed by atoms with Gasteiger partial charge in [0.05, 0.1) is 5.41 Å². The minimum atomic E-state index is -0.916. The molecule has 0 spiro atoms. The van der Waals surface area contributed by atoms with Gasteiger partial charge in [0.15, 0.2) is 0 Å². The van der Waals surface area contributed by atoms with Crippen LogP contribution in [-0.2, 0) is 4.79 Å². The van der Waals surface area contributed by atoms with Crippen molar-refractivity contribution in [3.05, 3.63) is 29.8 Å². The maximum atomic E-state index is 11.9. The van der Waals surface area contributed by atoms with Gasteiger partial charge in [-0.25, -0.2) is 0 Å². The molecule has 1 aromatic carbocycles. The smallest absolute Gasteiger partial charge is 0.233 e. The van der Waals surface area contributed by atoms with E-state index in [9.17, 15) is 4.79 Å². The summed E-state index contributed by atoms with van der Waals surface area (Å²) in [5.74, 6) is -0.122. The lowest BCUT2D eigenvalue weighted by atomic mass is 10.1. The molecule has 1 aliphatic rings. The number of nitrogens with one attached hydrogen (secondary N) is 1. The Labute approximate surface area is 105 Å². The Bertz CT molecular complexity index is 444. The SMILES string of the molecule is Cc1cccc(NC(=O)C2(C)CC2(Cl)Cl)c1. The minimum absolute atomic E-state index is 0.122. The van der Waals surface area contributed by atoms with Crippen LogP contribution in [0.3, 0.4) is 0 Å². The summed E-state index contributed by atoms with van der Waals surface area (Å²) in [5.41, 5.74) is 1.21. The number of carbonyl (C=O) groups is 1. The Hall–Kier alpha value is -0.730. The van der Waals surface area contributed by atoms with Crippen molar-refractivity contribution in [2.45, 2.75) is 24.6 Å². The van der Waals surface area contributed by atoms with Crippen molar-refractivity contribution in [1.29, 1.82) is 0 Å². The van der Waals surface area contributed by atoms with Gasteiger partial charge in [0, 0.05) is 5.69 Å². The van der Waals surface area contributed by atoms with E-state index in [0.717, 1.165) is 11.3 Å². The highest BCUT2D eigenvalue weighted by molar-refractivity contribution is 6.53. The van der Waals surface area contributed by atoms with Crippen molar-refractivity contribution in [1.82, 2.24) is 0 Å². The van der Waals surface area contributed by atoms with Crippen LogP contribution in [0, 0.1) is 12.3 Å². The predicted molar refractivity (Wildman–Crippen MR) is 67.0 cm³/mol. The van der Waals surface area contributed by atoms with Gasteiger partial charge in [0.1, 0.15) is 4.33 Å². The van der Waals surface area contributed by atoms with Crippen molar-refractivity contribution >= 4 is 34.8 Å². The van der Waals surface area contributed by atoms with Crippen LogP contribution in [-0.4, -0.2) is 10.2 Å². The number of halogens is 2. The number of alkyl halides is 2. The average molecular weight is 258 g/mol. The highest BCUT2D eigenvalue weighted by atomic mass is 35.5. The molecule has 2 rings (SSSR count). The second-order valence-corrected chi connectivity index (χ2v) is 6.02. The van der Waals surface area contributed by atoms with E-state index in [1.54, 1.807) is 6.92 Å². The molecule has 1 unspecified atom stereocenters. The third-order valence-electron chi connectivity index (χ3n) is 3.03. The fraction of sp³-hybridized carbons (Fsp3) is 0.417. The molecule has 4 heteroatoms. The quantitative estimate of drug-likeness (QED) is 0.808. The number of hydrogen-bond acceptors (Lipinski definition) is 1. The van der Waals surface area contributed by atoms with E-state index in [1.807, 2.05) is 31.2 Å². The van der Waals surface area contributed by atoms with E-state index in [-0.39, 0.29) is 5.91 Å². The number of carbonyl (C=O) groups excluding carboxylic acids is 1. The number of rotatable bonds is 2. The summed E-state index contributed by atoms with van der Waals surface area (Å²) in [4.78, 5) is 11.9. The maximum Gasteiger partial charge on any atom is 0.233 e. The summed E-state index contributed by atoms with van der Waals surface area (Å²) < 4.78 is -0.916. The highest BCUT2D eigenvalue weighted by Gasteiger charge is 2.67. The van der Waals surface area contributed by atoms with Crippen molar-refractivity contribution < 1.29 is 4.79 Å². The van der Waals surface area contributed by atoms with Crippen LogP contribution in [0.15, 0.2) is 24.3 Å². The third kappa shape index (κ3) is 1.92. The van der Waals surface area contributed by atoms with Crippen LogP contribution in [0.5, 0.6) is 0 Å². The first-order chi connectivity index (χ1) is 7.35. The van der Waals surface area contributed by atoms with Gasteiger partial charge in [-0.2, -0.15) is 0 Å². The van der Waals surface area contributed by atoms with Gasteiger partial charge in [-0.15, -0.1) is 23.2 Å². The molecule has 0 aliphatic heterocycles. The molecule has 86 valence electrons. The Balaban J connectivity index is 2.10. The zero-order valence-electron chi connectivity index (χ0n) is 9.18. The second-order valence-electron chi connectivity index (χ2n) is 4.54. The second kappa shape index (κ2) is 3.64. The van der Waals surface area contributed by atoms with E-state index >= 15 is 0 Å². The monoisotopic (exact) mass is 257 g/mol. The van der Waals surface area contributed by atoms with Gasteiger partial charge in [-0.05, 0) is 38.0 Å². The number of anilines is 1. The predicted octanol–water partition coefficient (Wildman–Crippen LogP) is 3.52. The van der Waals surface area contributed by atoms with Crippen LogP contribution in [0.25, 0.3) is 0 Å². The topological polar surface area (TPSA) is 29.1 Å². The summed E-state index contributed by atoms with van der Waals surface area (Å²) >= 11 is 11.9. The van der Waals surface area contributed by atoms with Crippen LogP contribution in [0.1, 0.15) is 18.9 Å². The van der Waals surface area contributed by atoms with Gasteiger partial charge in [-0.1, -0.05) is 12.1 Å². The third-order valence-corrected chi connectivity index (χ3v) is 4.14. The molecular weight excluding hydrogens is 245 g/mol. The van der Waals surface area contributed by atoms with Crippen molar-refractivity contribution in [2.75, 3.05) is 5.32 Å². The fourth-order valence-corrected chi connectivity index (χ4v) is 2.34. The number of hydrogen-bond donors (Lipinski definition) is 1. The highest BCUT2D eigenvalue weighted by Crippen LogP contribution is 2.64. The van der Waals surface area contributed by atoms with Crippen molar-refractivity contribution in [2.24, 2.45) is 5.41 Å². The first kappa shape index (κ1) is 11.7. The van der Waals surface area contributed by atoms with Crippen LogP contribution in [0.2, 0.25) is 0 Å². The molecule has 0 radical (unpaired) electrons. The molecule has 1 aliphatic carbocycles. The van der Waals surface area contributed by atoms with E-state index < -0.39 is 9.75 Å². The molecule has 1 N–H and O–H groups in total. The molecule has 1 fully saturated rings. The van der Waals surface area contributed by atoms with Crippen molar-refractivity contribution in [3.63, 3.8) is 0 Å². The normalized spacial score (nSPS) is 26.2. The number of amides is 1. The molecule has 1 amide bonds. The molecule has 0 saturated heterocycles. The molecule has 0 aromatic heterocycles. The van der Waals surface area contributed by atoms with Gasteiger partial charge in [-0.3, -0.25) is 4.79 Å². The Morgan fingerprint density at radius 1 is 1.44 bits per heavy atom. The molecule has 0 bridgehead atoms.